The molecule has 0 aliphatic rings. The fraction of sp³-hybridized carbons (Fsp3) is 0.167. The van der Waals surface area contributed by atoms with Crippen LogP contribution in [0.25, 0.3) is 11.1 Å². The lowest BCUT2D eigenvalue weighted by molar-refractivity contribution is 0.489. The van der Waals surface area contributed by atoms with E-state index in [1.165, 1.54) is 10.9 Å². The number of sulfonamides is 1. The molecule has 0 saturated carbocycles. The van der Waals surface area contributed by atoms with E-state index in [1.807, 2.05) is 31.2 Å². The van der Waals surface area contributed by atoms with Gasteiger partial charge in [-0.3, -0.25) is 9.29 Å². The highest BCUT2D eigenvalue weighted by Crippen LogP contribution is 2.28. The Morgan fingerprint density at radius 2 is 2.03 bits per heavy atom. The first-order valence-electron chi connectivity index (χ1n) is 8.47. The summed E-state index contributed by atoms with van der Waals surface area (Å²) in [6.07, 6.45) is 1.17. The molecular formula is C18H15FN4O4S2. The lowest BCUT2D eigenvalue weighted by Crippen LogP contribution is -2.20. The first-order chi connectivity index (χ1) is 13.8. The van der Waals surface area contributed by atoms with Crippen LogP contribution in [0.3, 0.4) is 0 Å². The second kappa shape index (κ2) is 7.08. The van der Waals surface area contributed by atoms with Crippen LogP contribution in [0.5, 0.6) is 0 Å². The fourth-order valence-electron chi connectivity index (χ4n) is 3.19. The first kappa shape index (κ1) is 19.3. The van der Waals surface area contributed by atoms with Crippen LogP contribution in [0.1, 0.15) is 24.1 Å². The molecule has 0 spiro atoms. The van der Waals surface area contributed by atoms with Crippen molar-refractivity contribution >= 4 is 37.8 Å². The Bertz CT molecular complexity index is 1360. The molecule has 150 valence electrons. The molecule has 0 unspecified atom stereocenters. The standard InChI is InChI=1S/C18H15FN4O4S2/c1-10-5-3-4-6-12(10)11(2)23-14-7-13(19)16(8-15(14)27-18(23)24)29(25,26)22-17-20-9-21-28-17/h3-9,11H,1-2H3,(H,20,21,22)/t11-/m1/s1. The molecule has 4 rings (SSSR count). The van der Waals surface area contributed by atoms with Gasteiger partial charge >= 0.3 is 5.76 Å². The number of oxazole rings is 1. The summed E-state index contributed by atoms with van der Waals surface area (Å²) in [5, 5.41) is -0.00306. The van der Waals surface area contributed by atoms with E-state index < -0.39 is 32.5 Å². The van der Waals surface area contributed by atoms with E-state index in [2.05, 4.69) is 14.1 Å². The summed E-state index contributed by atoms with van der Waals surface area (Å²) >= 11 is 0.812. The van der Waals surface area contributed by atoms with Gasteiger partial charge in [0.25, 0.3) is 10.0 Å². The van der Waals surface area contributed by atoms with Crippen molar-refractivity contribution in [3.05, 3.63) is 70.2 Å². The molecule has 0 amide bonds. The highest BCUT2D eigenvalue weighted by molar-refractivity contribution is 7.93. The van der Waals surface area contributed by atoms with Crippen LogP contribution in [0.4, 0.5) is 9.52 Å². The monoisotopic (exact) mass is 434 g/mol. The van der Waals surface area contributed by atoms with Gasteiger partial charge in [0.2, 0.25) is 5.13 Å². The number of hydrogen-bond acceptors (Lipinski definition) is 7. The van der Waals surface area contributed by atoms with Gasteiger partial charge in [0.15, 0.2) is 5.58 Å². The van der Waals surface area contributed by atoms with Gasteiger partial charge in [0, 0.05) is 23.7 Å². The molecule has 0 fully saturated rings. The average Bonchev–Trinajstić information content (AvgIpc) is 3.27. The van der Waals surface area contributed by atoms with Gasteiger partial charge in [0.05, 0.1) is 11.6 Å². The predicted molar refractivity (Wildman–Crippen MR) is 106 cm³/mol. The largest absolute Gasteiger partial charge is 0.420 e. The molecule has 2 heterocycles. The molecule has 2 aromatic heterocycles. The van der Waals surface area contributed by atoms with Crippen molar-refractivity contribution in [3.63, 3.8) is 0 Å². The van der Waals surface area contributed by atoms with E-state index >= 15 is 0 Å². The van der Waals surface area contributed by atoms with Crippen molar-refractivity contribution in [1.82, 2.24) is 13.9 Å². The van der Waals surface area contributed by atoms with Crippen LogP contribution in [-0.4, -0.2) is 22.3 Å². The number of hydrogen-bond donors (Lipinski definition) is 1. The maximum absolute atomic E-state index is 14.8. The molecule has 0 aliphatic heterocycles. The summed E-state index contributed by atoms with van der Waals surface area (Å²) in [7, 11) is -4.28. The van der Waals surface area contributed by atoms with Crippen LogP contribution in [0.2, 0.25) is 0 Å². The number of anilines is 1. The maximum Gasteiger partial charge on any atom is 0.420 e. The number of nitrogens with zero attached hydrogens (tertiary/aromatic N) is 3. The van der Waals surface area contributed by atoms with Gasteiger partial charge in [-0.05, 0) is 25.0 Å². The third kappa shape index (κ3) is 3.42. The number of aromatic nitrogens is 3. The lowest BCUT2D eigenvalue weighted by atomic mass is 10.0. The summed E-state index contributed by atoms with van der Waals surface area (Å²) in [5.41, 5.74) is 1.96. The quantitative estimate of drug-likeness (QED) is 0.516. The number of nitrogens with one attached hydrogen (secondary N) is 1. The van der Waals surface area contributed by atoms with Gasteiger partial charge in [-0.15, -0.1) is 0 Å². The third-order valence-corrected chi connectivity index (χ3v) is 6.63. The van der Waals surface area contributed by atoms with Crippen LogP contribution in [0, 0.1) is 12.7 Å². The van der Waals surface area contributed by atoms with E-state index in [1.54, 1.807) is 6.92 Å². The fourth-order valence-corrected chi connectivity index (χ4v) is 4.93. The van der Waals surface area contributed by atoms with E-state index in [4.69, 9.17) is 4.42 Å². The molecule has 4 aromatic rings. The van der Waals surface area contributed by atoms with Crippen LogP contribution in [-0.2, 0) is 10.0 Å². The Morgan fingerprint density at radius 1 is 1.28 bits per heavy atom. The molecule has 1 N–H and O–H groups in total. The van der Waals surface area contributed by atoms with E-state index in [0.29, 0.717) is 0 Å². The van der Waals surface area contributed by atoms with Crippen LogP contribution >= 0.6 is 11.5 Å². The first-order valence-corrected chi connectivity index (χ1v) is 10.7. The molecule has 11 heteroatoms. The molecule has 0 aliphatic carbocycles. The Morgan fingerprint density at radius 3 is 2.72 bits per heavy atom. The van der Waals surface area contributed by atoms with Crippen molar-refractivity contribution in [3.8, 4) is 0 Å². The van der Waals surface area contributed by atoms with Crippen molar-refractivity contribution < 1.29 is 17.2 Å². The number of halogens is 1. The predicted octanol–water partition coefficient (Wildman–Crippen LogP) is 3.30. The molecule has 0 radical (unpaired) electrons. The minimum absolute atomic E-state index is 0.00306. The van der Waals surface area contributed by atoms with Crippen molar-refractivity contribution in [1.29, 1.82) is 0 Å². The number of rotatable bonds is 5. The summed E-state index contributed by atoms with van der Waals surface area (Å²) < 4.78 is 52.2. The molecular weight excluding hydrogens is 419 g/mol. The molecule has 0 saturated heterocycles. The van der Waals surface area contributed by atoms with Crippen molar-refractivity contribution in [2.24, 2.45) is 0 Å². The highest BCUT2D eigenvalue weighted by atomic mass is 32.2. The zero-order valence-electron chi connectivity index (χ0n) is 15.3. The molecule has 29 heavy (non-hydrogen) atoms. The number of aryl methyl sites for hydroxylation is 1. The summed E-state index contributed by atoms with van der Waals surface area (Å²) in [6.45, 7) is 3.70. The Hall–Kier alpha value is -3.05. The second-order valence-electron chi connectivity index (χ2n) is 6.37. The van der Waals surface area contributed by atoms with Gasteiger partial charge in [-0.1, -0.05) is 24.3 Å². The van der Waals surface area contributed by atoms with E-state index in [9.17, 15) is 17.6 Å². The van der Waals surface area contributed by atoms with Gasteiger partial charge in [-0.25, -0.2) is 22.6 Å². The third-order valence-electron chi connectivity index (χ3n) is 4.57. The molecule has 8 nitrogen and oxygen atoms in total. The Kier molecular flexibility index (Phi) is 4.71. The zero-order valence-corrected chi connectivity index (χ0v) is 16.9. The maximum atomic E-state index is 14.8. The average molecular weight is 434 g/mol. The van der Waals surface area contributed by atoms with Crippen LogP contribution < -0.4 is 10.5 Å². The smallest absolute Gasteiger partial charge is 0.408 e. The Balaban J connectivity index is 1.83. The van der Waals surface area contributed by atoms with Crippen LogP contribution in [0.15, 0.2) is 56.8 Å². The molecule has 0 bridgehead atoms. The summed E-state index contributed by atoms with van der Waals surface area (Å²) in [5.74, 6) is -1.72. The van der Waals surface area contributed by atoms with Crippen molar-refractivity contribution in [2.45, 2.75) is 24.8 Å². The second-order valence-corrected chi connectivity index (χ2v) is 8.80. The summed E-state index contributed by atoms with van der Waals surface area (Å²) in [6, 6.07) is 9.04. The van der Waals surface area contributed by atoms with Crippen molar-refractivity contribution in [2.75, 3.05) is 4.72 Å². The van der Waals surface area contributed by atoms with E-state index in [0.717, 1.165) is 34.8 Å². The van der Waals surface area contributed by atoms with Gasteiger partial charge < -0.3 is 4.42 Å². The van der Waals surface area contributed by atoms with Gasteiger partial charge in [-0.2, -0.15) is 4.37 Å². The minimum Gasteiger partial charge on any atom is -0.408 e. The van der Waals surface area contributed by atoms with Gasteiger partial charge in [0.1, 0.15) is 17.0 Å². The Labute approximate surface area is 168 Å². The molecule has 1 atom stereocenters. The number of benzene rings is 2. The zero-order chi connectivity index (χ0) is 20.8. The lowest BCUT2D eigenvalue weighted by Gasteiger charge is -2.16. The molecule has 2 aromatic carbocycles. The minimum atomic E-state index is -4.28. The normalized spacial score (nSPS) is 12.9. The SMILES string of the molecule is Cc1ccccc1[C@@H](C)n1c(=O)oc2cc(S(=O)(=O)Nc3ncns3)c(F)cc21. The number of fused-ring (bicyclic) bond motifs is 1. The summed E-state index contributed by atoms with van der Waals surface area (Å²) in [4.78, 5) is 15.6. The highest BCUT2D eigenvalue weighted by Gasteiger charge is 2.25. The van der Waals surface area contributed by atoms with E-state index in [-0.39, 0.29) is 16.2 Å². The topological polar surface area (TPSA) is 107 Å².